The molecule has 3 aromatic rings. The Kier molecular flexibility index (Phi) is 6.26. The summed E-state index contributed by atoms with van der Waals surface area (Å²) in [6.45, 7) is 0.359. The van der Waals surface area contributed by atoms with Crippen molar-refractivity contribution in [3.05, 3.63) is 65.9 Å². The fraction of sp³-hybridized carbons (Fsp3) is 0.200. The number of nitrogens with zero attached hydrogens (tertiary/aromatic N) is 2. The van der Waals surface area contributed by atoms with Crippen LogP contribution in [0.25, 0.3) is 11.3 Å². The summed E-state index contributed by atoms with van der Waals surface area (Å²) in [5, 5.41) is 7.46. The normalized spacial score (nSPS) is 11.3. The SMILES string of the molecule is Cn1nccc1-c1cccc(NC(=O)c2ccc(C(F)(F)F)cc2)c1OCCBr. The van der Waals surface area contributed by atoms with Crippen molar-refractivity contribution in [3.8, 4) is 17.0 Å². The zero-order chi connectivity index (χ0) is 21.0. The van der Waals surface area contributed by atoms with Gasteiger partial charge in [0.05, 0.1) is 23.6 Å². The minimum Gasteiger partial charge on any atom is -0.490 e. The van der Waals surface area contributed by atoms with Gasteiger partial charge in [0.15, 0.2) is 5.75 Å². The molecule has 1 heterocycles. The fourth-order valence-corrected chi connectivity index (χ4v) is 2.94. The van der Waals surface area contributed by atoms with Crippen molar-refractivity contribution in [1.82, 2.24) is 9.78 Å². The maximum absolute atomic E-state index is 12.7. The number of hydrogen-bond donors (Lipinski definition) is 1. The second-order valence-corrected chi connectivity index (χ2v) is 6.88. The van der Waals surface area contributed by atoms with Gasteiger partial charge in [0.25, 0.3) is 5.91 Å². The smallest absolute Gasteiger partial charge is 0.416 e. The maximum Gasteiger partial charge on any atom is 0.416 e. The summed E-state index contributed by atoms with van der Waals surface area (Å²) in [5.74, 6) is -0.0830. The van der Waals surface area contributed by atoms with Crippen LogP contribution in [0.4, 0.5) is 18.9 Å². The monoisotopic (exact) mass is 467 g/mol. The van der Waals surface area contributed by atoms with Gasteiger partial charge in [-0.2, -0.15) is 18.3 Å². The Morgan fingerprint density at radius 3 is 2.48 bits per heavy atom. The topological polar surface area (TPSA) is 56.2 Å². The molecule has 152 valence electrons. The molecule has 1 aromatic heterocycles. The summed E-state index contributed by atoms with van der Waals surface area (Å²) in [6.07, 6.45) is -2.81. The third-order valence-corrected chi connectivity index (χ3v) is 4.48. The number of rotatable bonds is 6. The number of benzene rings is 2. The Hall–Kier alpha value is -2.81. The second-order valence-electron chi connectivity index (χ2n) is 6.09. The Labute approximate surface area is 173 Å². The average Bonchev–Trinajstić information content (AvgIpc) is 3.12. The molecular weight excluding hydrogens is 451 g/mol. The Morgan fingerprint density at radius 1 is 1.17 bits per heavy atom. The van der Waals surface area contributed by atoms with Crippen LogP contribution in [-0.2, 0) is 13.2 Å². The number of nitrogens with one attached hydrogen (secondary N) is 1. The van der Waals surface area contributed by atoms with Crippen molar-refractivity contribution in [2.45, 2.75) is 6.18 Å². The van der Waals surface area contributed by atoms with Crippen LogP contribution in [0.2, 0.25) is 0 Å². The predicted molar refractivity (Wildman–Crippen MR) is 107 cm³/mol. The zero-order valence-electron chi connectivity index (χ0n) is 15.3. The largest absolute Gasteiger partial charge is 0.490 e. The zero-order valence-corrected chi connectivity index (χ0v) is 16.9. The summed E-state index contributed by atoms with van der Waals surface area (Å²) in [6, 6.07) is 11.1. The summed E-state index contributed by atoms with van der Waals surface area (Å²) < 4.78 is 45.7. The highest BCUT2D eigenvalue weighted by Crippen LogP contribution is 2.37. The first-order chi connectivity index (χ1) is 13.8. The second kappa shape index (κ2) is 8.69. The number of halogens is 4. The lowest BCUT2D eigenvalue weighted by Gasteiger charge is -2.16. The number of para-hydroxylation sites is 1. The highest BCUT2D eigenvalue weighted by Gasteiger charge is 2.30. The molecule has 5 nitrogen and oxygen atoms in total. The summed E-state index contributed by atoms with van der Waals surface area (Å²) >= 11 is 3.31. The lowest BCUT2D eigenvalue weighted by atomic mass is 10.1. The molecule has 1 amide bonds. The van der Waals surface area contributed by atoms with E-state index in [1.54, 1.807) is 30.1 Å². The number of anilines is 1. The molecule has 0 bridgehead atoms. The molecule has 3 rings (SSSR count). The molecule has 0 atom stereocenters. The van der Waals surface area contributed by atoms with Gasteiger partial charge in [-0.3, -0.25) is 9.48 Å². The molecule has 1 N–H and O–H groups in total. The lowest BCUT2D eigenvalue weighted by Crippen LogP contribution is -2.14. The molecule has 0 saturated heterocycles. The van der Waals surface area contributed by atoms with Crippen molar-refractivity contribution in [2.24, 2.45) is 7.05 Å². The molecule has 9 heteroatoms. The average molecular weight is 468 g/mol. The Balaban J connectivity index is 1.92. The van der Waals surface area contributed by atoms with Crippen LogP contribution in [0.15, 0.2) is 54.7 Å². The summed E-state index contributed by atoms with van der Waals surface area (Å²) in [5.41, 5.74) is 1.23. The number of carbonyl (C=O) groups is 1. The molecule has 29 heavy (non-hydrogen) atoms. The highest BCUT2D eigenvalue weighted by atomic mass is 79.9. The van der Waals surface area contributed by atoms with Crippen molar-refractivity contribution >= 4 is 27.5 Å². The van der Waals surface area contributed by atoms with E-state index in [0.29, 0.717) is 23.4 Å². The molecule has 0 fully saturated rings. The molecule has 0 aliphatic heterocycles. The van der Waals surface area contributed by atoms with Crippen LogP contribution in [0, 0.1) is 0 Å². The minimum atomic E-state index is -4.46. The molecule has 0 aliphatic rings. The van der Waals surface area contributed by atoms with Crippen molar-refractivity contribution in [1.29, 1.82) is 0 Å². The van der Waals surface area contributed by atoms with E-state index < -0.39 is 17.6 Å². The van der Waals surface area contributed by atoms with Gasteiger partial charge in [-0.15, -0.1) is 0 Å². The van der Waals surface area contributed by atoms with Crippen molar-refractivity contribution in [3.63, 3.8) is 0 Å². The molecule has 0 spiro atoms. The summed E-state index contributed by atoms with van der Waals surface area (Å²) in [4.78, 5) is 12.6. The van der Waals surface area contributed by atoms with E-state index in [1.165, 1.54) is 0 Å². The highest BCUT2D eigenvalue weighted by molar-refractivity contribution is 9.09. The van der Waals surface area contributed by atoms with Crippen LogP contribution in [0.5, 0.6) is 5.75 Å². The third-order valence-electron chi connectivity index (χ3n) is 4.16. The number of hydrogen-bond acceptors (Lipinski definition) is 3. The van der Waals surface area contributed by atoms with Crippen molar-refractivity contribution in [2.75, 3.05) is 17.3 Å². The number of amides is 1. The molecular formula is C20H17BrF3N3O2. The van der Waals surface area contributed by atoms with Crippen molar-refractivity contribution < 1.29 is 22.7 Å². The molecule has 0 saturated carbocycles. The number of ether oxygens (including phenoxy) is 1. The van der Waals surface area contributed by atoms with Gasteiger partial charge in [-0.25, -0.2) is 0 Å². The standard InChI is InChI=1S/C20H17BrF3N3O2/c1-27-17(9-11-25-27)15-3-2-4-16(18(15)29-12-10-21)26-19(28)13-5-7-14(8-6-13)20(22,23)24/h2-9,11H,10,12H2,1H3,(H,26,28). The Morgan fingerprint density at radius 2 is 1.90 bits per heavy atom. The van der Waals surface area contributed by atoms with E-state index in [2.05, 4.69) is 26.3 Å². The van der Waals surface area contributed by atoms with Gasteiger partial charge in [0.1, 0.15) is 0 Å². The quantitative estimate of drug-likeness (QED) is 0.511. The van der Waals surface area contributed by atoms with Gasteiger partial charge in [0.2, 0.25) is 0 Å². The van der Waals surface area contributed by atoms with Gasteiger partial charge < -0.3 is 10.1 Å². The molecule has 0 aliphatic carbocycles. The van der Waals surface area contributed by atoms with Crippen LogP contribution >= 0.6 is 15.9 Å². The molecule has 2 aromatic carbocycles. The van der Waals surface area contributed by atoms with Gasteiger partial charge in [0, 0.05) is 29.7 Å². The number of aryl methyl sites for hydroxylation is 1. The van der Waals surface area contributed by atoms with Crippen LogP contribution in [0.1, 0.15) is 15.9 Å². The minimum absolute atomic E-state index is 0.107. The van der Waals surface area contributed by atoms with E-state index in [1.807, 2.05) is 12.1 Å². The predicted octanol–water partition coefficient (Wildman–Crippen LogP) is 5.13. The third kappa shape index (κ3) is 4.79. The maximum atomic E-state index is 12.7. The fourth-order valence-electron chi connectivity index (χ4n) is 2.78. The number of alkyl halides is 4. The van der Waals surface area contributed by atoms with E-state index in [9.17, 15) is 18.0 Å². The van der Waals surface area contributed by atoms with Gasteiger partial charge >= 0.3 is 6.18 Å². The Bertz CT molecular complexity index is 1000. The van der Waals surface area contributed by atoms with Gasteiger partial charge in [-0.05, 0) is 42.5 Å². The molecule has 0 radical (unpaired) electrons. The summed E-state index contributed by atoms with van der Waals surface area (Å²) in [7, 11) is 1.79. The van der Waals surface area contributed by atoms with E-state index >= 15 is 0 Å². The first kappa shape index (κ1) is 20.9. The first-order valence-electron chi connectivity index (χ1n) is 8.60. The first-order valence-corrected chi connectivity index (χ1v) is 9.72. The van der Waals surface area contributed by atoms with E-state index in [4.69, 9.17) is 4.74 Å². The van der Waals surface area contributed by atoms with Crippen LogP contribution in [-0.4, -0.2) is 27.6 Å². The number of aromatic nitrogens is 2. The van der Waals surface area contributed by atoms with Crippen LogP contribution in [0.3, 0.4) is 0 Å². The lowest BCUT2D eigenvalue weighted by molar-refractivity contribution is -0.137. The van der Waals surface area contributed by atoms with E-state index in [0.717, 1.165) is 35.5 Å². The molecule has 0 unspecified atom stereocenters. The van der Waals surface area contributed by atoms with Crippen LogP contribution < -0.4 is 10.1 Å². The number of carbonyl (C=O) groups excluding carboxylic acids is 1. The van der Waals surface area contributed by atoms with Gasteiger partial charge in [-0.1, -0.05) is 22.0 Å². The van der Waals surface area contributed by atoms with E-state index in [-0.39, 0.29) is 5.56 Å².